The van der Waals surface area contributed by atoms with Gasteiger partial charge >= 0.3 is 0 Å². The minimum Gasteiger partial charge on any atom is -0.461 e. The Morgan fingerprint density at radius 2 is 2.42 bits per heavy atom. The summed E-state index contributed by atoms with van der Waals surface area (Å²) in [4.78, 5) is 20.6. The number of aryl methyl sites for hydroxylation is 2. The number of rotatable bonds is 5. The van der Waals surface area contributed by atoms with Gasteiger partial charge in [-0.1, -0.05) is 5.16 Å². The molecule has 8 nitrogen and oxygen atoms in total. The van der Waals surface area contributed by atoms with Gasteiger partial charge < -0.3 is 18.8 Å². The van der Waals surface area contributed by atoms with Crippen LogP contribution in [0.2, 0.25) is 0 Å². The smallest absolute Gasteiger partial charge is 0.238 e. The molecule has 3 aromatic heterocycles. The molecular weight excluding hydrogens is 310 g/mol. The summed E-state index contributed by atoms with van der Waals surface area (Å²) in [7, 11) is 0. The average molecular weight is 327 g/mol. The third-order valence-corrected chi connectivity index (χ3v) is 4.08. The first-order chi connectivity index (χ1) is 11.8. The molecule has 4 rings (SSSR count). The first-order valence-corrected chi connectivity index (χ1v) is 7.94. The SMILES string of the molecule is O=C(CCc1nc(-c2ccco2)no1)N[C@H]1CCc2nccn2C1. The Hall–Kier alpha value is -2.90. The zero-order chi connectivity index (χ0) is 16.4. The zero-order valence-corrected chi connectivity index (χ0v) is 13.0. The van der Waals surface area contributed by atoms with Gasteiger partial charge in [-0.25, -0.2) is 4.98 Å². The second kappa shape index (κ2) is 6.31. The largest absolute Gasteiger partial charge is 0.461 e. The highest BCUT2D eigenvalue weighted by Gasteiger charge is 2.20. The van der Waals surface area contributed by atoms with Gasteiger partial charge in [-0.2, -0.15) is 4.98 Å². The molecule has 3 aromatic rings. The fourth-order valence-electron chi connectivity index (χ4n) is 2.87. The van der Waals surface area contributed by atoms with Crippen molar-refractivity contribution in [2.45, 2.75) is 38.3 Å². The average Bonchev–Trinajstić information content (AvgIpc) is 3.32. The van der Waals surface area contributed by atoms with Crippen molar-refractivity contribution in [3.63, 3.8) is 0 Å². The van der Waals surface area contributed by atoms with Crippen molar-refractivity contribution in [2.75, 3.05) is 0 Å². The fraction of sp³-hybridized carbons (Fsp3) is 0.375. The number of hydrogen-bond acceptors (Lipinski definition) is 6. The lowest BCUT2D eigenvalue weighted by atomic mass is 10.1. The molecule has 24 heavy (non-hydrogen) atoms. The van der Waals surface area contributed by atoms with E-state index in [2.05, 4.69) is 25.0 Å². The maximum Gasteiger partial charge on any atom is 0.238 e. The number of amides is 1. The Labute approximate surface area is 137 Å². The molecule has 8 heteroatoms. The molecular formula is C16H17N5O3. The summed E-state index contributed by atoms with van der Waals surface area (Å²) in [6, 6.07) is 3.66. The van der Waals surface area contributed by atoms with Crippen LogP contribution in [0.4, 0.5) is 0 Å². The predicted octanol–water partition coefficient (Wildman–Crippen LogP) is 1.59. The summed E-state index contributed by atoms with van der Waals surface area (Å²) in [5.41, 5.74) is 0. The van der Waals surface area contributed by atoms with Crippen molar-refractivity contribution in [2.24, 2.45) is 0 Å². The van der Waals surface area contributed by atoms with Gasteiger partial charge in [0.05, 0.1) is 6.26 Å². The van der Waals surface area contributed by atoms with Crippen molar-refractivity contribution in [3.05, 3.63) is 42.5 Å². The van der Waals surface area contributed by atoms with Crippen LogP contribution in [-0.2, 0) is 24.2 Å². The van der Waals surface area contributed by atoms with E-state index in [0.717, 1.165) is 25.2 Å². The topological polar surface area (TPSA) is 99.0 Å². The van der Waals surface area contributed by atoms with Gasteiger partial charge in [-0.3, -0.25) is 4.79 Å². The van der Waals surface area contributed by atoms with Crippen molar-refractivity contribution in [1.82, 2.24) is 25.0 Å². The first kappa shape index (κ1) is 14.7. The van der Waals surface area contributed by atoms with Crippen molar-refractivity contribution < 1.29 is 13.7 Å². The molecule has 0 radical (unpaired) electrons. The van der Waals surface area contributed by atoms with Gasteiger partial charge in [0, 0.05) is 44.2 Å². The highest BCUT2D eigenvalue weighted by molar-refractivity contribution is 5.76. The summed E-state index contributed by atoms with van der Waals surface area (Å²) in [5, 5.41) is 6.91. The van der Waals surface area contributed by atoms with E-state index < -0.39 is 0 Å². The van der Waals surface area contributed by atoms with E-state index in [9.17, 15) is 4.79 Å². The quantitative estimate of drug-likeness (QED) is 0.764. The van der Waals surface area contributed by atoms with Gasteiger partial charge in [0.15, 0.2) is 5.76 Å². The number of imidazole rings is 1. The number of carbonyl (C=O) groups excluding carboxylic acids is 1. The van der Waals surface area contributed by atoms with Gasteiger partial charge in [0.1, 0.15) is 5.82 Å². The molecule has 0 unspecified atom stereocenters. The molecule has 0 spiro atoms. The molecule has 0 fully saturated rings. The number of carbonyl (C=O) groups is 1. The Kier molecular flexibility index (Phi) is 3.86. The minimum absolute atomic E-state index is 0.0127. The summed E-state index contributed by atoms with van der Waals surface area (Å²) in [6.45, 7) is 0.768. The molecule has 1 atom stereocenters. The van der Waals surface area contributed by atoms with Crippen molar-refractivity contribution >= 4 is 5.91 Å². The zero-order valence-electron chi connectivity index (χ0n) is 13.0. The van der Waals surface area contributed by atoms with E-state index in [4.69, 9.17) is 8.94 Å². The summed E-state index contributed by atoms with van der Waals surface area (Å²) >= 11 is 0. The molecule has 0 bridgehead atoms. The van der Waals surface area contributed by atoms with Crippen LogP contribution < -0.4 is 5.32 Å². The van der Waals surface area contributed by atoms with E-state index in [1.165, 1.54) is 0 Å². The maximum absolute atomic E-state index is 12.1. The summed E-state index contributed by atoms with van der Waals surface area (Å²) < 4.78 is 12.4. The fourth-order valence-corrected chi connectivity index (χ4v) is 2.87. The van der Waals surface area contributed by atoms with E-state index in [1.807, 2.05) is 6.20 Å². The van der Waals surface area contributed by atoms with Crippen LogP contribution in [0.15, 0.2) is 39.7 Å². The lowest BCUT2D eigenvalue weighted by molar-refractivity contribution is -0.122. The molecule has 0 saturated heterocycles. The molecule has 1 aliphatic heterocycles. The van der Waals surface area contributed by atoms with Gasteiger partial charge in [-0.05, 0) is 18.6 Å². The number of nitrogens with zero attached hydrogens (tertiary/aromatic N) is 4. The molecule has 4 heterocycles. The van der Waals surface area contributed by atoms with Gasteiger partial charge in [0.25, 0.3) is 0 Å². The lowest BCUT2D eigenvalue weighted by Gasteiger charge is -2.24. The Balaban J connectivity index is 1.28. The van der Waals surface area contributed by atoms with Gasteiger partial charge in [0.2, 0.25) is 17.6 Å². The molecule has 1 aliphatic rings. The first-order valence-electron chi connectivity index (χ1n) is 7.94. The third kappa shape index (κ3) is 3.08. The summed E-state index contributed by atoms with van der Waals surface area (Å²) in [6.07, 6.45) is 7.80. The Morgan fingerprint density at radius 1 is 1.46 bits per heavy atom. The van der Waals surface area contributed by atoms with Gasteiger partial charge in [-0.15, -0.1) is 0 Å². The van der Waals surface area contributed by atoms with Crippen LogP contribution in [0.5, 0.6) is 0 Å². The highest BCUT2D eigenvalue weighted by Crippen LogP contribution is 2.16. The van der Waals surface area contributed by atoms with Crippen molar-refractivity contribution in [3.8, 4) is 11.6 Å². The Morgan fingerprint density at radius 3 is 3.29 bits per heavy atom. The maximum atomic E-state index is 12.1. The lowest BCUT2D eigenvalue weighted by Crippen LogP contribution is -2.41. The molecule has 0 aliphatic carbocycles. The second-order valence-electron chi connectivity index (χ2n) is 5.79. The second-order valence-corrected chi connectivity index (χ2v) is 5.79. The third-order valence-electron chi connectivity index (χ3n) is 4.08. The highest BCUT2D eigenvalue weighted by atomic mass is 16.5. The van der Waals surface area contributed by atoms with E-state index in [-0.39, 0.29) is 11.9 Å². The minimum atomic E-state index is -0.0127. The van der Waals surface area contributed by atoms with Crippen molar-refractivity contribution in [1.29, 1.82) is 0 Å². The number of aromatic nitrogens is 4. The molecule has 124 valence electrons. The molecule has 1 amide bonds. The molecule has 0 aromatic carbocycles. The molecule has 1 N–H and O–H groups in total. The van der Waals surface area contributed by atoms with E-state index >= 15 is 0 Å². The number of hydrogen-bond donors (Lipinski definition) is 1. The van der Waals surface area contributed by atoms with Crippen LogP contribution >= 0.6 is 0 Å². The van der Waals surface area contributed by atoms with Crippen LogP contribution in [0.3, 0.4) is 0 Å². The number of nitrogens with one attached hydrogen (secondary N) is 1. The number of fused-ring (bicyclic) bond motifs is 1. The number of furan rings is 1. The monoisotopic (exact) mass is 327 g/mol. The normalized spacial score (nSPS) is 16.8. The van der Waals surface area contributed by atoms with Crippen LogP contribution in [-0.4, -0.2) is 31.6 Å². The molecule has 0 saturated carbocycles. The standard InChI is InChI=1S/C16H17N5O3/c22-14(18-11-3-4-13-17-7-8-21(13)10-11)5-6-15-19-16(20-24-15)12-2-1-9-23-12/h1-2,7-9,11H,3-6,10H2,(H,18,22)/t11-/m0/s1. The van der Waals surface area contributed by atoms with Crippen LogP contribution in [0.1, 0.15) is 24.6 Å². The van der Waals surface area contributed by atoms with E-state index in [0.29, 0.717) is 30.3 Å². The van der Waals surface area contributed by atoms with Crippen LogP contribution in [0.25, 0.3) is 11.6 Å². The Bertz CT molecular complexity index is 821. The van der Waals surface area contributed by atoms with Crippen LogP contribution in [0, 0.1) is 0 Å². The predicted molar refractivity (Wildman–Crippen MR) is 82.8 cm³/mol. The summed E-state index contributed by atoms with van der Waals surface area (Å²) in [5.74, 6) is 2.44. The van der Waals surface area contributed by atoms with E-state index in [1.54, 1.807) is 24.6 Å².